The molecule has 116 valence electrons. The van der Waals surface area contributed by atoms with E-state index in [-0.39, 0.29) is 24.2 Å². The smallest absolute Gasteiger partial charge is 0.338 e. The molecule has 0 heterocycles. The molecule has 0 saturated heterocycles. The summed E-state index contributed by atoms with van der Waals surface area (Å²) >= 11 is 5.71. The summed E-state index contributed by atoms with van der Waals surface area (Å²) in [6.07, 6.45) is 0.276. The first-order chi connectivity index (χ1) is 9.45. The minimum Gasteiger partial charge on any atom is -0.338 e. The van der Waals surface area contributed by atoms with Gasteiger partial charge in [0.15, 0.2) is 0 Å². The second-order valence-electron chi connectivity index (χ2n) is 5.84. The average Bonchev–Trinajstić information content (AvgIpc) is 2.34. The van der Waals surface area contributed by atoms with Gasteiger partial charge in [-0.05, 0) is 32.1 Å². The highest BCUT2D eigenvalue weighted by Crippen LogP contribution is 2.43. The third-order valence-corrected chi connectivity index (χ3v) is 4.80. The number of halogens is 4. The van der Waals surface area contributed by atoms with Gasteiger partial charge in [0.2, 0.25) is 5.91 Å². The van der Waals surface area contributed by atoms with Gasteiger partial charge in [-0.1, -0.05) is 12.8 Å². The maximum absolute atomic E-state index is 13.1. The van der Waals surface area contributed by atoms with E-state index in [1.165, 1.54) is 0 Å². The highest BCUT2D eigenvalue weighted by atomic mass is 35.5. The van der Waals surface area contributed by atoms with Gasteiger partial charge in [0.1, 0.15) is 0 Å². The van der Waals surface area contributed by atoms with Crippen LogP contribution in [0.1, 0.15) is 44.9 Å². The van der Waals surface area contributed by atoms with Crippen molar-refractivity contribution in [2.75, 3.05) is 12.4 Å². The zero-order valence-corrected chi connectivity index (χ0v) is 12.2. The molecule has 2 aliphatic carbocycles. The van der Waals surface area contributed by atoms with Crippen molar-refractivity contribution in [2.24, 2.45) is 11.8 Å². The van der Waals surface area contributed by atoms with Crippen LogP contribution < -0.4 is 0 Å². The Morgan fingerprint density at radius 1 is 1.10 bits per heavy atom. The van der Waals surface area contributed by atoms with E-state index in [1.54, 1.807) is 4.90 Å². The lowest BCUT2D eigenvalue weighted by molar-refractivity contribution is -0.201. The van der Waals surface area contributed by atoms with E-state index in [4.69, 9.17) is 11.6 Å². The Morgan fingerprint density at radius 3 is 2.25 bits per heavy atom. The number of carbonyl (C=O) groups is 1. The van der Waals surface area contributed by atoms with Gasteiger partial charge in [0, 0.05) is 24.4 Å². The quantitative estimate of drug-likeness (QED) is 0.719. The highest BCUT2D eigenvalue weighted by Gasteiger charge is 2.49. The number of rotatable bonds is 4. The molecule has 2 fully saturated rings. The van der Waals surface area contributed by atoms with Gasteiger partial charge in [-0.3, -0.25) is 4.79 Å². The van der Waals surface area contributed by atoms with E-state index < -0.39 is 18.0 Å². The first-order valence-electron chi connectivity index (χ1n) is 7.38. The van der Waals surface area contributed by atoms with E-state index in [1.807, 2.05) is 0 Å². The molecule has 2 atom stereocenters. The van der Waals surface area contributed by atoms with E-state index in [0.717, 1.165) is 19.3 Å². The summed E-state index contributed by atoms with van der Waals surface area (Å²) in [5.74, 6) is -2.40. The monoisotopic (exact) mass is 311 g/mol. The second-order valence-corrected chi connectivity index (χ2v) is 6.22. The summed E-state index contributed by atoms with van der Waals surface area (Å²) in [4.78, 5) is 14.2. The van der Waals surface area contributed by atoms with Gasteiger partial charge >= 0.3 is 6.18 Å². The molecule has 1 amide bonds. The Labute approximate surface area is 122 Å². The van der Waals surface area contributed by atoms with Crippen LogP contribution in [-0.4, -0.2) is 35.4 Å². The van der Waals surface area contributed by atoms with E-state index in [9.17, 15) is 18.0 Å². The SMILES string of the molecule is O=C(C1CCCCC1C(F)(F)F)N(CCCl)C1CCC1. The summed E-state index contributed by atoms with van der Waals surface area (Å²) in [5, 5.41) is 0. The second kappa shape index (κ2) is 6.54. The van der Waals surface area contributed by atoms with E-state index in [0.29, 0.717) is 25.8 Å². The summed E-state index contributed by atoms with van der Waals surface area (Å²) in [6.45, 7) is 0.367. The van der Waals surface area contributed by atoms with Gasteiger partial charge in [-0.2, -0.15) is 13.2 Å². The number of hydrogen-bond acceptors (Lipinski definition) is 1. The number of amides is 1. The van der Waals surface area contributed by atoms with Crippen LogP contribution in [-0.2, 0) is 4.79 Å². The summed E-state index contributed by atoms with van der Waals surface area (Å²) in [7, 11) is 0. The fourth-order valence-electron chi connectivity index (χ4n) is 3.29. The fourth-order valence-corrected chi connectivity index (χ4v) is 3.48. The molecule has 20 heavy (non-hydrogen) atoms. The Bertz CT molecular complexity index is 344. The van der Waals surface area contributed by atoms with Crippen molar-refractivity contribution >= 4 is 17.5 Å². The number of nitrogens with zero attached hydrogens (tertiary/aromatic N) is 1. The molecule has 0 aliphatic heterocycles. The average molecular weight is 312 g/mol. The van der Waals surface area contributed by atoms with Crippen LogP contribution in [0.25, 0.3) is 0 Å². The topological polar surface area (TPSA) is 20.3 Å². The third kappa shape index (κ3) is 3.41. The molecule has 0 N–H and O–H groups in total. The molecular weight excluding hydrogens is 291 g/mol. The Hall–Kier alpha value is -0.450. The lowest BCUT2D eigenvalue weighted by Crippen LogP contribution is -2.51. The van der Waals surface area contributed by atoms with Crippen LogP contribution in [0, 0.1) is 11.8 Å². The highest BCUT2D eigenvalue weighted by molar-refractivity contribution is 6.18. The van der Waals surface area contributed by atoms with Crippen LogP contribution in [0.2, 0.25) is 0 Å². The zero-order chi connectivity index (χ0) is 14.8. The van der Waals surface area contributed by atoms with Crippen LogP contribution >= 0.6 is 11.6 Å². The van der Waals surface area contributed by atoms with Crippen molar-refractivity contribution in [3.05, 3.63) is 0 Å². The molecule has 2 rings (SSSR count). The minimum absolute atomic E-state index is 0.0826. The molecule has 6 heteroatoms. The predicted octanol–water partition coefficient (Wildman–Crippen LogP) is 3.98. The first-order valence-corrected chi connectivity index (χ1v) is 7.91. The summed E-state index contributed by atoms with van der Waals surface area (Å²) in [6, 6.07) is 0.108. The molecule has 0 aromatic heterocycles. The Balaban J connectivity index is 2.10. The summed E-state index contributed by atoms with van der Waals surface area (Å²) < 4.78 is 39.3. The van der Waals surface area contributed by atoms with Crippen LogP contribution in [0.3, 0.4) is 0 Å². The fraction of sp³-hybridized carbons (Fsp3) is 0.929. The Morgan fingerprint density at radius 2 is 1.75 bits per heavy atom. The molecule has 2 saturated carbocycles. The Kier molecular flexibility index (Phi) is 5.21. The molecule has 2 aliphatic rings. The van der Waals surface area contributed by atoms with Crippen molar-refractivity contribution in [1.29, 1.82) is 0 Å². The van der Waals surface area contributed by atoms with Crippen LogP contribution in [0.5, 0.6) is 0 Å². The molecule has 0 aromatic rings. The number of carbonyl (C=O) groups excluding carboxylic acids is 1. The van der Waals surface area contributed by atoms with E-state index in [2.05, 4.69) is 0 Å². The van der Waals surface area contributed by atoms with Crippen molar-refractivity contribution in [3.8, 4) is 0 Å². The predicted molar refractivity (Wildman–Crippen MR) is 71.6 cm³/mol. The van der Waals surface area contributed by atoms with Gasteiger partial charge in [0.05, 0.1) is 5.92 Å². The number of alkyl halides is 4. The zero-order valence-electron chi connectivity index (χ0n) is 11.5. The molecule has 2 unspecified atom stereocenters. The van der Waals surface area contributed by atoms with Gasteiger partial charge in [-0.15, -0.1) is 11.6 Å². The number of hydrogen-bond donors (Lipinski definition) is 0. The van der Waals surface area contributed by atoms with Crippen LogP contribution in [0.15, 0.2) is 0 Å². The van der Waals surface area contributed by atoms with Crippen molar-refractivity contribution in [2.45, 2.75) is 57.2 Å². The van der Waals surface area contributed by atoms with Gasteiger partial charge in [-0.25, -0.2) is 0 Å². The summed E-state index contributed by atoms with van der Waals surface area (Å²) in [5.41, 5.74) is 0. The van der Waals surface area contributed by atoms with Gasteiger partial charge < -0.3 is 4.90 Å². The lowest BCUT2D eigenvalue weighted by atomic mass is 9.77. The molecule has 2 nitrogen and oxygen atoms in total. The molecule has 0 bridgehead atoms. The van der Waals surface area contributed by atoms with Crippen molar-refractivity contribution in [3.63, 3.8) is 0 Å². The first kappa shape index (κ1) is 15.9. The lowest BCUT2D eigenvalue weighted by Gasteiger charge is -2.42. The maximum atomic E-state index is 13.1. The molecular formula is C14H21ClF3NO. The maximum Gasteiger partial charge on any atom is 0.392 e. The van der Waals surface area contributed by atoms with Gasteiger partial charge in [0.25, 0.3) is 0 Å². The van der Waals surface area contributed by atoms with Crippen molar-refractivity contribution in [1.82, 2.24) is 4.90 Å². The molecule has 0 aromatic carbocycles. The third-order valence-electron chi connectivity index (χ3n) is 4.63. The van der Waals surface area contributed by atoms with Crippen LogP contribution in [0.4, 0.5) is 13.2 Å². The molecule has 0 spiro atoms. The normalized spacial score (nSPS) is 28.0. The van der Waals surface area contributed by atoms with E-state index >= 15 is 0 Å². The standard InChI is InChI=1S/C14H21ClF3NO/c15-8-9-19(10-4-3-5-10)13(20)11-6-1-2-7-12(11)14(16,17)18/h10-12H,1-9H2. The minimum atomic E-state index is -4.27. The van der Waals surface area contributed by atoms with Crippen molar-refractivity contribution < 1.29 is 18.0 Å². The molecule has 0 radical (unpaired) electrons. The largest absolute Gasteiger partial charge is 0.392 e.